The molecule has 0 saturated heterocycles. The zero-order chi connectivity index (χ0) is 11.6. The predicted octanol–water partition coefficient (Wildman–Crippen LogP) is 3.22. The summed E-state index contributed by atoms with van der Waals surface area (Å²) in [5, 5.41) is 0. The van der Waals surface area contributed by atoms with Gasteiger partial charge in [-0.2, -0.15) is 0 Å². The summed E-state index contributed by atoms with van der Waals surface area (Å²) in [4.78, 5) is 22.7. The lowest BCUT2D eigenvalue weighted by molar-refractivity contribution is 0.0980. The lowest BCUT2D eigenvalue weighted by Gasteiger charge is -2.09. The third-order valence-corrected chi connectivity index (χ3v) is 2.47. The molecular formula is C13H16O2. The summed E-state index contributed by atoms with van der Waals surface area (Å²) >= 11 is 0. The van der Waals surface area contributed by atoms with Gasteiger partial charge in [0, 0.05) is 11.1 Å². The summed E-state index contributed by atoms with van der Waals surface area (Å²) in [6, 6.07) is 5.48. The van der Waals surface area contributed by atoms with Crippen molar-refractivity contribution in [3.63, 3.8) is 0 Å². The average Bonchev–Trinajstić information content (AvgIpc) is 2.16. The molecule has 0 amide bonds. The largest absolute Gasteiger partial charge is 0.294 e. The van der Waals surface area contributed by atoms with Gasteiger partial charge >= 0.3 is 0 Å². The summed E-state index contributed by atoms with van der Waals surface area (Å²) in [5.74, 6) is 0.252. The molecule has 0 aliphatic carbocycles. The third kappa shape index (κ3) is 2.52. The molecule has 0 aliphatic rings. The number of rotatable bonds is 3. The molecule has 0 saturated carbocycles. The normalized spacial score (nSPS) is 10.5. The molecule has 0 unspecified atom stereocenters. The standard InChI is InChI=1S/C13H16O2/c1-8(2)11-5-6-12(9(3)14)13(7-11)10(4)15/h5-8H,1-4H3. The Hall–Kier alpha value is -1.44. The van der Waals surface area contributed by atoms with E-state index < -0.39 is 0 Å². The molecule has 2 nitrogen and oxygen atoms in total. The van der Waals surface area contributed by atoms with Gasteiger partial charge in [-0.15, -0.1) is 0 Å². The van der Waals surface area contributed by atoms with Crippen molar-refractivity contribution in [1.82, 2.24) is 0 Å². The van der Waals surface area contributed by atoms with Crippen LogP contribution in [0, 0.1) is 0 Å². The highest BCUT2D eigenvalue weighted by Crippen LogP contribution is 2.19. The molecule has 0 spiro atoms. The number of carbonyl (C=O) groups excluding carboxylic acids is 2. The maximum atomic E-state index is 11.4. The Bertz CT molecular complexity index is 403. The van der Waals surface area contributed by atoms with Crippen LogP contribution >= 0.6 is 0 Å². The number of benzene rings is 1. The first-order valence-corrected chi connectivity index (χ1v) is 5.09. The Morgan fingerprint density at radius 2 is 1.53 bits per heavy atom. The van der Waals surface area contributed by atoms with Gasteiger partial charge in [0.05, 0.1) is 0 Å². The number of carbonyl (C=O) groups is 2. The molecule has 0 fully saturated rings. The van der Waals surface area contributed by atoms with Crippen molar-refractivity contribution < 1.29 is 9.59 Å². The fourth-order valence-electron chi connectivity index (χ4n) is 1.52. The van der Waals surface area contributed by atoms with E-state index in [0.717, 1.165) is 5.56 Å². The third-order valence-electron chi connectivity index (χ3n) is 2.47. The summed E-state index contributed by atoms with van der Waals surface area (Å²) in [6.45, 7) is 7.10. The molecule has 0 aliphatic heterocycles. The molecule has 2 heteroatoms. The number of Topliss-reactive ketones (excluding diaryl/α,β-unsaturated/α-hetero) is 2. The van der Waals surface area contributed by atoms with Crippen LogP contribution in [0.1, 0.15) is 59.9 Å². The minimum Gasteiger partial charge on any atom is -0.294 e. The highest BCUT2D eigenvalue weighted by atomic mass is 16.1. The van der Waals surface area contributed by atoms with E-state index in [9.17, 15) is 9.59 Å². The molecule has 1 aromatic rings. The number of ketones is 2. The van der Waals surface area contributed by atoms with Crippen molar-refractivity contribution in [2.75, 3.05) is 0 Å². The molecule has 1 rings (SSSR count). The second kappa shape index (κ2) is 4.39. The van der Waals surface area contributed by atoms with Gasteiger partial charge in [-0.25, -0.2) is 0 Å². The lowest BCUT2D eigenvalue weighted by atomic mass is 9.94. The van der Waals surface area contributed by atoms with Crippen molar-refractivity contribution in [3.8, 4) is 0 Å². The van der Waals surface area contributed by atoms with Gasteiger partial charge in [-0.05, 0) is 31.4 Å². The molecule has 80 valence electrons. The maximum Gasteiger partial charge on any atom is 0.160 e. The quantitative estimate of drug-likeness (QED) is 0.708. The van der Waals surface area contributed by atoms with E-state index in [-0.39, 0.29) is 11.6 Å². The van der Waals surface area contributed by atoms with Crippen molar-refractivity contribution in [1.29, 1.82) is 0 Å². The number of hydrogen-bond donors (Lipinski definition) is 0. The molecule has 15 heavy (non-hydrogen) atoms. The van der Waals surface area contributed by atoms with Crippen LogP contribution < -0.4 is 0 Å². The van der Waals surface area contributed by atoms with Crippen molar-refractivity contribution in [2.45, 2.75) is 33.6 Å². The Morgan fingerprint density at radius 1 is 1.00 bits per heavy atom. The Labute approximate surface area is 90.3 Å². The molecule has 0 atom stereocenters. The minimum absolute atomic E-state index is 0.0531. The molecule has 0 aromatic heterocycles. The Balaban J connectivity index is 3.33. The van der Waals surface area contributed by atoms with Gasteiger partial charge in [0.15, 0.2) is 11.6 Å². The van der Waals surface area contributed by atoms with Gasteiger partial charge in [0.2, 0.25) is 0 Å². The fourth-order valence-corrected chi connectivity index (χ4v) is 1.52. The molecule has 0 N–H and O–H groups in total. The van der Waals surface area contributed by atoms with Crippen molar-refractivity contribution >= 4 is 11.6 Å². The summed E-state index contributed by atoms with van der Waals surface area (Å²) < 4.78 is 0. The van der Waals surface area contributed by atoms with Crippen molar-refractivity contribution in [2.24, 2.45) is 0 Å². The Kier molecular flexibility index (Phi) is 3.40. The van der Waals surface area contributed by atoms with Crippen LogP contribution in [0.4, 0.5) is 0 Å². The topological polar surface area (TPSA) is 34.1 Å². The Morgan fingerprint density at radius 3 is 1.93 bits per heavy atom. The van der Waals surface area contributed by atoms with E-state index in [2.05, 4.69) is 13.8 Å². The second-order valence-electron chi connectivity index (χ2n) is 4.07. The van der Waals surface area contributed by atoms with Crippen LogP contribution in [0.15, 0.2) is 18.2 Å². The van der Waals surface area contributed by atoms with Crippen LogP contribution in [0.5, 0.6) is 0 Å². The van der Waals surface area contributed by atoms with Gasteiger partial charge in [0.1, 0.15) is 0 Å². The average molecular weight is 204 g/mol. The number of hydrogen-bond acceptors (Lipinski definition) is 2. The first-order chi connectivity index (χ1) is 6.93. The van der Waals surface area contributed by atoms with Crippen molar-refractivity contribution in [3.05, 3.63) is 34.9 Å². The smallest absolute Gasteiger partial charge is 0.160 e. The predicted molar refractivity (Wildman–Crippen MR) is 60.5 cm³/mol. The van der Waals surface area contributed by atoms with Crippen LogP contribution in [0.2, 0.25) is 0 Å². The molecular weight excluding hydrogens is 188 g/mol. The highest BCUT2D eigenvalue weighted by Gasteiger charge is 2.12. The highest BCUT2D eigenvalue weighted by molar-refractivity contribution is 6.07. The molecule has 0 heterocycles. The van der Waals surface area contributed by atoms with Crippen LogP contribution in [-0.4, -0.2) is 11.6 Å². The van der Waals surface area contributed by atoms with Crippen LogP contribution in [-0.2, 0) is 0 Å². The SMILES string of the molecule is CC(=O)c1ccc(C(C)C)cc1C(C)=O. The summed E-state index contributed by atoms with van der Waals surface area (Å²) in [5.41, 5.74) is 2.14. The van der Waals surface area contributed by atoms with Gasteiger partial charge < -0.3 is 0 Å². The molecule has 0 radical (unpaired) electrons. The van der Waals surface area contributed by atoms with Gasteiger partial charge in [-0.3, -0.25) is 9.59 Å². The lowest BCUT2D eigenvalue weighted by Crippen LogP contribution is -2.05. The van der Waals surface area contributed by atoms with Crippen LogP contribution in [0.3, 0.4) is 0 Å². The minimum atomic E-state index is -0.0597. The monoisotopic (exact) mass is 204 g/mol. The fraction of sp³-hybridized carbons (Fsp3) is 0.385. The first-order valence-electron chi connectivity index (χ1n) is 5.09. The van der Waals surface area contributed by atoms with E-state index in [1.165, 1.54) is 13.8 Å². The first kappa shape index (κ1) is 11.6. The summed E-state index contributed by atoms with van der Waals surface area (Å²) in [7, 11) is 0. The zero-order valence-corrected chi connectivity index (χ0v) is 9.63. The maximum absolute atomic E-state index is 11.4. The summed E-state index contributed by atoms with van der Waals surface area (Å²) in [6.07, 6.45) is 0. The van der Waals surface area contributed by atoms with E-state index in [4.69, 9.17) is 0 Å². The van der Waals surface area contributed by atoms with E-state index in [1.807, 2.05) is 12.1 Å². The molecule has 1 aromatic carbocycles. The van der Waals surface area contributed by atoms with E-state index >= 15 is 0 Å². The van der Waals surface area contributed by atoms with E-state index in [1.54, 1.807) is 6.07 Å². The zero-order valence-electron chi connectivity index (χ0n) is 9.63. The van der Waals surface area contributed by atoms with Gasteiger partial charge in [-0.1, -0.05) is 26.0 Å². The van der Waals surface area contributed by atoms with E-state index in [0.29, 0.717) is 17.0 Å². The van der Waals surface area contributed by atoms with Crippen LogP contribution in [0.25, 0.3) is 0 Å². The molecule has 0 bridgehead atoms. The second-order valence-corrected chi connectivity index (χ2v) is 4.07. The van der Waals surface area contributed by atoms with Gasteiger partial charge in [0.25, 0.3) is 0 Å².